The summed E-state index contributed by atoms with van der Waals surface area (Å²) in [5.74, 6) is -0.438. The molecule has 3 nitrogen and oxygen atoms in total. The van der Waals surface area contributed by atoms with Gasteiger partial charge in [-0.15, -0.1) is 11.3 Å². The van der Waals surface area contributed by atoms with Crippen LogP contribution in [0.3, 0.4) is 0 Å². The number of thiazole rings is 1. The van der Waals surface area contributed by atoms with E-state index in [0.29, 0.717) is 11.3 Å². The second kappa shape index (κ2) is 4.87. The number of hydrogen-bond donors (Lipinski definition) is 1. The number of aromatic nitrogens is 1. The highest BCUT2D eigenvalue weighted by Crippen LogP contribution is 2.34. The molecule has 1 fully saturated rings. The molecule has 7 heteroatoms. The summed E-state index contributed by atoms with van der Waals surface area (Å²) in [4.78, 5) is 15.3. The van der Waals surface area contributed by atoms with Gasteiger partial charge in [-0.2, -0.15) is 13.2 Å². The lowest BCUT2D eigenvalue weighted by atomic mass is 10.2. The Kier molecular flexibility index (Phi) is 3.61. The average molecular weight is 278 g/mol. The van der Waals surface area contributed by atoms with Gasteiger partial charge in [-0.1, -0.05) is 12.8 Å². The van der Waals surface area contributed by atoms with Gasteiger partial charge in [-0.25, -0.2) is 4.98 Å². The molecule has 1 aliphatic rings. The van der Waals surface area contributed by atoms with Gasteiger partial charge in [0.25, 0.3) is 5.91 Å². The SMILES string of the molecule is Cc1nc(C(F)(F)F)sc1C(=O)NC1CCCC1. The number of halogens is 3. The number of carbonyl (C=O) groups excluding carboxylic acids is 1. The summed E-state index contributed by atoms with van der Waals surface area (Å²) in [6.45, 7) is 1.43. The molecule has 1 saturated carbocycles. The molecule has 0 bridgehead atoms. The molecular formula is C11H13F3N2OS. The summed E-state index contributed by atoms with van der Waals surface area (Å²) >= 11 is 0.410. The molecule has 0 aliphatic heterocycles. The summed E-state index contributed by atoms with van der Waals surface area (Å²) in [5.41, 5.74) is 0.142. The Labute approximate surface area is 106 Å². The molecule has 0 atom stereocenters. The first kappa shape index (κ1) is 13.3. The maximum absolute atomic E-state index is 12.5. The van der Waals surface area contributed by atoms with E-state index >= 15 is 0 Å². The molecule has 18 heavy (non-hydrogen) atoms. The molecule has 0 aromatic carbocycles. The highest BCUT2D eigenvalue weighted by molar-refractivity contribution is 7.13. The Morgan fingerprint density at radius 2 is 2.00 bits per heavy atom. The topological polar surface area (TPSA) is 42.0 Å². The number of amides is 1. The molecular weight excluding hydrogens is 265 g/mol. The Morgan fingerprint density at radius 1 is 1.39 bits per heavy atom. The lowest BCUT2D eigenvalue weighted by Crippen LogP contribution is -2.32. The minimum Gasteiger partial charge on any atom is -0.349 e. The van der Waals surface area contributed by atoms with Crippen molar-refractivity contribution in [3.05, 3.63) is 15.6 Å². The van der Waals surface area contributed by atoms with Crippen molar-refractivity contribution in [3.63, 3.8) is 0 Å². The van der Waals surface area contributed by atoms with Gasteiger partial charge in [0.05, 0.1) is 5.69 Å². The molecule has 2 rings (SSSR count). The standard InChI is InChI=1S/C11H13F3N2OS/c1-6-8(18-10(15-6)11(12,13)14)9(17)16-7-4-2-3-5-7/h7H,2-5H2,1H3,(H,16,17). The van der Waals surface area contributed by atoms with E-state index in [0.717, 1.165) is 25.7 Å². The molecule has 1 aromatic heterocycles. The number of hydrogen-bond acceptors (Lipinski definition) is 3. The third kappa shape index (κ3) is 2.82. The molecule has 1 heterocycles. The lowest BCUT2D eigenvalue weighted by Gasteiger charge is -2.10. The number of nitrogens with zero attached hydrogens (tertiary/aromatic N) is 1. The molecule has 1 amide bonds. The van der Waals surface area contributed by atoms with Crippen LogP contribution in [0.4, 0.5) is 13.2 Å². The highest BCUT2D eigenvalue weighted by atomic mass is 32.1. The van der Waals surface area contributed by atoms with Crippen LogP contribution in [0, 0.1) is 6.92 Å². The molecule has 1 N–H and O–H groups in total. The Balaban J connectivity index is 2.12. The van der Waals surface area contributed by atoms with Crippen LogP contribution in [-0.4, -0.2) is 16.9 Å². The quantitative estimate of drug-likeness (QED) is 0.903. The monoisotopic (exact) mass is 278 g/mol. The van der Waals surface area contributed by atoms with Gasteiger partial charge in [-0.3, -0.25) is 4.79 Å². The zero-order chi connectivity index (χ0) is 13.3. The molecule has 0 radical (unpaired) electrons. The van der Waals surface area contributed by atoms with E-state index in [1.807, 2.05) is 0 Å². The van der Waals surface area contributed by atoms with Crippen LogP contribution < -0.4 is 5.32 Å². The fraction of sp³-hybridized carbons (Fsp3) is 0.636. The number of alkyl halides is 3. The van der Waals surface area contributed by atoms with Gasteiger partial charge in [0, 0.05) is 6.04 Å². The zero-order valence-corrected chi connectivity index (χ0v) is 10.6. The van der Waals surface area contributed by atoms with Crippen molar-refractivity contribution in [2.75, 3.05) is 0 Å². The van der Waals surface area contributed by atoms with Crippen LogP contribution in [0.25, 0.3) is 0 Å². The van der Waals surface area contributed by atoms with Crippen molar-refractivity contribution in [3.8, 4) is 0 Å². The predicted octanol–water partition coefficient (Wildman–Crippen LogP) is 3.14. The summed E-state index contributed by atoms with van der Waals surface area (Å²) in [7, 11) is 0. The van der Waals surface area contributed by atoms with E-state index in [9.17, 15) is 18.0 Å². The van der Waals surface area contributed by atoms with Gasteiger partial charge >= 0.3 is 6.18 Å². The van der Waals surface area contributed by atoms with Crippen LogP contribution >= 0.6 is 11.3 Å². The van der Waals surface area contributed by atoms with Gasteiger partial charge in [0.2, 0.25) is 0 Å². The molecule has 100 valence electrons. The summed E-state index contributed by atoms with van der Waals surface area (Å²) in [5, 5.41) is 1.80. The van der Waals surface area contributed by atoms with Gasteiger partial charge < -0.3 is 5.32 Å². The largest absolute Gasteiger partial charge is 0.443 e. The van der Waals surface area contributed by atoms with Crippen molar-refractivity contribution in [1.29, 1.82) is 0 Å². The third-order valence-corrected chi connectivity index (χ3v) is 4.14. The maximum atomic E-state index is 12.5. The second-order valence-electron chi connectivity index (χ2n) is 4.39. The first-order valence-corrected chi connectivity index (χ1v) is 6.55. The lowest BCUT2D eigenvalue weighted by molar-refractivity contribution is -0.137. The molecule has 0 spiro atoms. The molecule has 0 saturated heterocycles. The summed E-state index contributed by atoms with van der Waals surface area (Å²) in [6.07, 6.45) is -0.576. The summed E-state index contributed by atoms with van der Waals surface area (Å²) < 4.78 is 37.4. The second-order valence-corrected chi connectivity index (χ2v) is 5.39. The van der Waals surface area contributed by atoms with Gasteiger partial charge in [0.1, 0.15) is 4.88 Å². The number of nitrogens with one attached hydrogen (secondary N) is 1. The van der Waals surface area contributed by atoms with E-state index in [4.69, 9.17) is 0 Å². The van der Waals surface area contributed by atoms with Crippen LogP contribution in [0.5, 0.6) is 0 Å². The number of rotatable bonds is 2. The van der Waals surface area contributed by atoms with Crippen molar-refractivity contribution in [2.24, 2.45) is 0 Å². The van der Waals surface area contributed by atoms with Crippen LogP contribution in [0.15, 0.2) is 0 Å². The van der Waals surface area contributed by atoms with E-state index in [1.165, 1.54) is 6.92 Å². The fourth-order valence-electron chi connectivity index (χ4n) is 2.05. The maximum Gasteiger partial charge on any atom is 0.443 e. The molecule has 0 unspecified atom stereocenters. The first-order valence-electron chi connectivity index (χ1n) is 5.73. The molecule has 1 aliphatic carbocycles. The van der Waals surface area contributed by atoms with E-state index in [-0.39, 0.29) is 16.6 Å². The Morgan fingerprint density at radius 3 is 2.50 bits per heavy atom. The van der Waals surface area contributed by atoms with E-state index in [1.54, 1.807) is 0 Å². The average Bonchev–Trinajstić information content (AvgIpc) is 2.85. The van der Waals surface area contributed by atoms with Crippen LogP contribution in [-0.2, 0) is 6.18 Å². The third-order valence-electron chi connectivity index (χ3n) is 2.94. The smallest absolute Gasteiger partial charge is 0.349 e. The number of carbonyl (C=O) groups is 1. The minimum atomic E-state index is -4.48. The number of aryl methyl sites for hydroxylation is 1. The Hall–Kier alpha value is -1.11. The van der Waals surface area contributed by atoms with Crippen molar-refractivity contribution in [2.45, 2.75) is 44.8 Å². The van der Waals surface area contributed by atoms with Gasteiger partial charge in [-0.05, 0) is 19.8 Å². The summed E-state index contributed by atoms with van der Waals surface area (Å²) in [6, 6.07) is 0.0911. The van der Waals surface area contributed by atoms with E-state index in [2.05, 4.69) is 10.3 Å². The normalized spacial score (nSPS) is 17.1. The fourth-order valence-corrected chi connectivity index (χ4v) is 2.89. The Bertz CT molecular complexity index is 450. The van der Waals surface area contributed by atoms with Gasteiger partial charge in [0.15, 0.2) is 5.01 Å². The zero-order valence-electron chi connectivity index (χ0n) is 9.80. The van der Waals surface area contributed by atoms with Crippen molar-refractivity contribution < 1.29 is 18.0 Å². The highest BCUT2D eigenvalue weighted by Gasteiger charge is 2.36. The van der Waals surface area contributed by atoms with E-state index < -0.39 is 17.1 Å². The van der Waals surface area contributed by atoms with Crippen LogP contribution in [0.2, 0.25) is 0 Å². The first-order chi connectivity index (χ1) is 8.38. The van der Waals surface area contributed by atoms with Crippen molar-refractivity contribution in [1.82, 2.24) is 10.3 Å². The molecule has 1 aromatic rings. The minimum absolute atomic E-state index is 0.0641. The van der Waals surface area contributed by atoms with Crippen LogP contribution in [0.1, 0.15) is 46.1 Å². The predicted molar refractivity (Wildman–Crippen MR) is 61.6 cm³/mol. The van der Waals surface area contributed by atoms with Crippen molar-refractivity contribution >= 4 is 17.2 Å².